The normalized spacial score (nSPS) is 10.4. The number of rotatable bonds is 4. The molecular weight excluding hydrogens is 266 g/mol. The first-order valence-corrected chi connectivity index (χ1v) is 6.21. The van der Waals surface area contributed by atoms with Gasteiger partial charge < -0.3 is 10.4 Å². The van der Waals surface area contributed by atoms with Crippen molar-refractivity contribution >= 4 is 23.2 Å². The van der Waals surface area contributed by atoms with E-state index in [9.17, 15) is 9.90 Å². The number of anilines is 1. The molecule has 1 heterocycles. The number of halogens is 1. The molecular formula is C13H14ClN3O2. The number of nitrogens with one attached hydrogen (secondary N) is 1. The molecule has 0 bridgehead atoms. The van der Waals surface area contributed by atoms with Gasteiger partial charge in [-0.15, -0.1) is 0 Å². The predicted molar refractivity (Wildman–Crippen MR) is 73.3 cm³/mol. The van der Waals surface area contributed by atoms with Gasteiger partial charge in [-0.25, -0.2) is 0 Å². The van der Waals surface area contributed by atoms with Crippen LogP contribution in [-0.4, -0.2) is 20.8 Å². The summed E-state index contributed by atoms with van der Waals surface area (Å²) in [4.78, 5) is 11.7. The molecule has 19 heavy (non-hydrogen) atoms. The Morgan fingerprint density at radius 1 is 1.53 bits per heavy atom. The zero-order valence-corrected chi connectivity index (χ0v) is 11.2. The molecule has 2 aromatic rings. The highest BCUT2D eigenvalue weighted by atomic mass is 35.5. The average Bonchev–Trinajstić information content (AvgIpc) is 2.68. The van der Waals surface area contributed by atoms with E-state index in [2.05, 4.69) is 10.4 Å². The topological polar surface area (TPSA) is 67.2 Å². The van der Waals surface area contributed by atoms with Crippen molar-refractivity contribution in [2.24, 2.45) is 0 Å². The van der Waals surface area contributed by atoms with Crippen molar-refractivity contribution in [2.75, 3.05) is 5.32 Å². The first kappa shape index (κ1) is 13.4. The number of aryl methyl sites for hydroxylation is 1. The Kier molecular flexibility index (Phi) is 4.06. The Morgan fingerprint density at radius 2 is 2.32 bits per heavy atom. The summed E-state index contributed by atoms with van der Waals surface area (Å²) in [5, 5.41) is 16.7. The molecule has 0 spiro atoms. The largest absolute Gasteiger partial charge is 0.508 e. The summed E-state index contributed by atoms with van der Waals surface area (Å²) < 4.78 is 1.68. The maximum absolute atomic E-state index is 11.7. The van der Waals surface area contributed by atoms with E-state index in [1.165, 1.54) is 6.07 Å². The Hall–Kier alpha value is -2.01. The number of nitrogens with zero attached hydrogens (tertiary/aromatic N) is 2. The van der Waals surface area contributed by atoms with Crippen molar-refractivity contribution in [1.82, 2.24) is 9.78 Å². The second-order valence-corrected chi connectivity index (χ2v) is 4.56. The average molecular weight is 280 g/mol. The van der Waals surface area contributed by atoms with E-state index in [0.717, 1.165) is 5.69 Å². The van der Waals surface area contributed by atoms with Crippen LogP contribution in [0, 0.1) is 6.92 Å². The fourth-order valence-electron chi connectivity index (χ4n) is 1.66. The van der Waals surface area contributed by atoms with Crippen LogP contribution in [0.15, 0.2) is 30.5 Å². The molecule has 0 aliphatic heterocycles. The monoisotopic (exact) mass is 279 g/mol. The lowest BCUT2D eigenvalue weighted by Gasteiger charge is -2.07. The van der Waals surface area contributed by atoms with Crippen LogP contribution in [0.5, 0.6) is 5.75 Å². The summed E-state index contributed by atoms with van der Waals surface area (Å²) >= 11 is 5.88. The van der Waals surface area contributed by atoms with Gasteiger partial charge >= 0.3 is 0 Å². The number of hydrogen-bond acceptors (Lipinski definition) is 3. The second-order valence-electron chi connectivity index (χ2n) is 4.15. The highest BCUT2D eigenvalue weighted by molar-refractivity contribution is 6.31. The molecule has 0 saturated heterocycles. The fraction of sp³-hybridized carbons (Fsp3) is 0.231. The lowest BCUT2D eigenvalue weighted by atomic mass is 10.3. The molecule has 2 N–H and O–H groups in total. The van der Waals surface area contributed by atoms with Crippen LogP contribution >= 0.6 is 11.6 Å². The molecule has 1 aromatic carbocycles. The van der Waals surface area contributed by atoms with Crippen LogP contribution in [0.3, 0.4) is 0 Å². The third-order valence-electron chi connectivity index (χ3n) is 2.72. The van der Waals surface area contributed by atoms with Crippen molar-refractivity contribution in [3.8, 4) is 5.75 Å². The third-order valence-corrected chi connectivity index (χ3v) is 3.09. The van der Waals surface area contributed by atoms with Crippen molar-refractivity contribution in [1.29, 1.82) is 0 Å². The van der Waals surface area contributed by atoms with Crippen LogP contribution in [-0.2, 0) is 11.3 Å². The van der Waals surface area contributed by atoms with E-state index in [1.807, 2.05) is 6.92 Å². The van der Waals surface area contributed by atoms with Crippen molar-refractivity contribution in [2.45, 2.75) is 19.9 Å². The number of phenolic OH excluding ortho intramolecular Hbond substituents is 1. The number of phenols is 1. The molecule has 0 unspecified atom stereocenters. The van der Waals surface area contributed by atoms with E-state index in [-0.39, 0.29) is 18.1 Å². The van der Waals surface area contributed by atoms with Gasteiger partial charge in [0.15, 0.2) is 0 Å². The van der Waals surface area contributed by atoms with Crippen LogP contribution in [0.1, 0.15) is 12.1 Å². The lowest BCUT2D eigenvalue weighted by Crippen LogP contribution is -2.15. The molecule has 1 aromatic heterocycles. The molecule has 0 atom stereocenters. The van der Waals surface area contributed by atoms with Gasteiger partial charge in [0.05, 0.1) is 23.5 Å². The molecule has 0 aliphatic carbocycles. The molecule has 2 rings (SSSR count). The highest BCUT2D eigenvalue weighted by Crippen LogP contribution is 2.16. The molecule has 0 aliphatic rings. The first-order chi connectivity index (χ1) is 9.06. The Balaban J connectivity index is 1.90. The van der Waals surface area contributed by atoms with Gasteiger partial charge in [-0.3, -0.25) is 9.48 Å². The number of carbonyl (C=O) groups is 1. The number of carbonyl (C=O) groups excluding carboxylic acids is 1. The van der Waals surface area contributed by atoms with Crippen molar-refractivity contribution in [3.05, 3.63) is 41.2 Å². The number of benzene rings is 1. The summed E-state index contributed by atoms with van der Waals surface area (Å²) in [7, 11) is 0. The zero-order chi connectivity index (χ0) is 13.8. The number of amides is 1. The van der Waals surface area contributed by atoms with Crippen molar-refractivity contribution < 1.29 is 9.90 Å². The van der Waals surface area contributed by atoms with Gasteiger partial charge in [0.25, 0.3) is 0 Å². The highest BCUT2D eigenvalue weighted by Gasteiger charge is 2.07. The second kappa shape index (κ2) is 5.75. The summed E-state index contributed by atoms with van der Waals surface area (Å²) in [6, 6.07) is 6.43. The number of aromatic hydroxyl groups is 1. The summed E-state index contributed by atoms with van der Waals surface area (Å²) in [5.41, 5.74) is 1.41. The minimum Gasteiger partial charge on any atom is -0.508 e. The Morgan fingerprint density at radius 3 is 2.95 bits per heavy atom. The first-order valence-electron chi connectivity index (χ1n) is 5.83. The van der Waals surface area contributed by atoms with Crippen LogP contribution in [0.25, 0.3) is 0 Å². The molecule has 100 valence electrons. The van der Waals surface area contributed by atoms with Crippen LogP contribution < -0.4 is 5.32 Å². The van der Waals surface area contributed by atoms with Crippen LogP contribution in [0.2, 0.25) is 5.02 Å². The van der Waals surface area contributed by atoms with Crippen LogP contribution in [0.4, 0.5) is 5.69 Å². The lowest BCUT2D eigenvalue weighted by molar-refractivity contribution is -0.116. The number of hydrogen-bond donors (Lipinski definition) is 2. The maximum atomic E-state index is 11.7. The van der Waals surface area contributed by atoms with Gasteiger partial charge in [-0.2, -0.15) is 5.10 Å². The smallest absolute Gasteiger partial charge is 0.226 e. The van der Waals surface area contributed by atoms with E-state index >= 15 is 0 Å². The van der Waals surface area contributed by atoms with Crippen molar-refractivity contribution in [3.63, 3.8) is 0 Å². The standard InChI is InChI=1S/C13H14ClN3O2/c1-9-12(14)8-15-17(9)6-5-13(19)16-10-3-2-4-11(18)7-10/h2-4,7-8,18H,5-6H2,1H3,(H,16,19). The summed E-state index contributed by atoms with van der Waals surface area (Å²) in [6.45, 7) is 2.31. The third kappa shape index (κ3) is 3.48. The Labute approximate surface area is 115 Å². The van der Waals surface area contributed by atoms with Gasteiger partial charge in [-0.05, 0) is 19.1 Å². The van der Waals surface area contributed by atoms with Gasteiger partial charge in [-0.1, -0.05) is 17.7 Å². The Bertz CT molecular complexity index is 595. The van der Waals surface area contributed by atoms with Gasteiger partial charge in [0.1, 0.15) is 5.75 Å². The number of aromatic nitrogens is 2. The van der Waals surface area contributed by atoms with E-state index in [4.69, 9.17) is 11.6 Å². The molecule has 0 radical (unpaired) electrons. The summed E-state index contributed by atoms with van der Waals surface area (Å²) in [6.07, 6.45) is 1.85. The molecule has 6 heteroatoms. The fourth-order valence-corrected chi connectivity index (χ4v) is 1.80. The predicted octanol–water partition coefficient (Wildman–Crippen LogP) is 2.58. The van der Waals surface area contributed by atoms with Gasteiger partial charge in [0, 0.05) is 18.2 Å². The minimum absolute atomic E-state index is 0.118. The minimum atomic E-state index is -0.142. The molecule has 0 saturated carbocycles. The quantitative estimate of drug-likeness (QED) is 0.904. The molecule has 0 fully saturated rings. The van der Waals surface area contributed by atoms with Gasteiger partial charge in [0.2, 0.25) is 5.91 Å². The van der Waals surface area contributed by atoms with E-state index < -0.39 is 0 Å². The zero-order valence-electron chi connectivity index (χ0n) is 10.4. The van der Waals surface area contributed by atoms with E-state index in [0.29, 0.717) is 17.3 Å². The molecule has 5 nitrogen and oxygen atoms in total. The summed E-state index contributed by atoms with van der Waals surface area (Å²) in [5.74, 6) is -0.0240. The SMILES string of the molecule is Cc1c(Cl)cnn1CCC(=O)Nc1cccc(O)c1. The maximum Gasteiger partial charge on any atom is 0.226 e. The molecule has 1 amide bonds. The van der Waals surface area contributed by atoms with E-state index in [1.54, 1.807) is 29.1 Å².